The zero-order chi connectivity index (χ0) is 21.5. The predicted octanol–water partition coefficient (Wildman–Crippen LogP) is 3.41. The van der Waals surface area contributed by atoms with Crippen LogP contribution in [-0.4, -0.2) is 34.9 Å². The minimum atomic E-state index is -4.61. The number of halogens is 4. The van der Waals surface area contributed by atoms with Crippen molar-refractivity contribution >= 4 is 23.5 Å². The van der Waals surface area contributed by atoms with Gasteiger partial charge in [0.25, 0.3) is 5.91 Å². The summed E-state index contributed by atoms with van der Waals surface area (Å²) in [7, 11) is 1.41. The van der Waals surface area contributed by atoms with Crippen molar-refractivity contribution in [1.82, 2.24) is 9.97 Å². The fraction of sp³-hybridized carbons (Fsp3) is 0.368. The van der Waals surface area contributed by atoms with Gasteiger partial charge >= 0.3 is 6.18 Å². The number of carbonyl (C=O) groups excluding carboxylic acids is 2. The van der Waals surface area contributed by atoms with E-state index in [1.807, 2.05) is 0 Å². The highest BCUT2D eigenvalue weighted by Gasteiger charge is 2.41. The Morgan fingerprint density at radius 3 is 2.52 bits per heavy atom. The van der Waals surface area contributed by atoms with Gasteiger partial charge in [0.15, 0.2) is 0 Å². The van der Waals surface area contributed by atoms with Gasteiger partial charge in [0.05, 0.1) is 11.3 Å². The molecule has 154 valence electrons. The number of hydrogen-bond donors (Lipinski definition) is 0. The second kappa shape index (κ2) is 7.41. The van der Waals surface area contributed by atoms with Crippen molar-refractivity contribution in [3.63, 3.8) is 0 Å². The first-order chi connectivity index (χ1) is 13.5. The fourth-order valence-electron chi connectivity index (χ4n) is 3.20. The van der Waals surface area contributed by atoms with E-state index in [1.165, 1.54) is 27.0 Å². The van der Waals surface area contributed by atoms with Gasteiger partial charge in [0.2, 0.25) is 5.91 Å². The molecule has 1 aliphatic rings. The summed E-state index contributed by atoms with van der Waals surface area (Å²) < 4.78 is 52.9. The zero-order valence-corrected chi connectivity index (χ0v) is 15.9. The van der Waals surface area contributed by atoms with Crippen LogP contribution in [0.4, 0.5) is 29.2 Å². The number of pyridine rings is 2. The van der Waals surface area contributed by atoms with Crippen molar-refractivity contribution in [2.45, 2.75) is 38.9 Å². The van der Waals surface area contributed by atoms with Crippen LogP contribution < -0.4 is 9.80 Å². The second-order valence-electron chi connectivity index (χ2n) is 6.81. The number of nitrogens with zero attached hydrogens (tertiary/aromatic N) is 4. The fourth-order valence-corrected chi connectivity index (χ4v) is 3.20. The normalized spacial score (nSPS) is 17.0. The van der Waals surface area contributed by atoms with Crippen molar-refractivity contribution in [2.24, 2.45) is 0 Å². The molecule has 2 amide bonds. The first kappa shape index (κ1) is 20.7. The maximum absolute atomic E-state index is 13.5. The third-order valence-electron chi connectivity index (χ3n) is 4.69. The molecule has 1 unspecified atom stereocenters. The van der Waals surface area contributed by atoms with Gasteiger partial charge in [-0.2, -0.15) is 13.2 Å². The third kappa shape index (κ3) is 4.06. The summed E-state index contributed by atoms with van der Waals surface area (Å²) in [5.74, 6) is -1.63. The monoisotopic (exact) mass is 410 g/mol. The number of amides is 2. The van der Waals surface area contributed by atoms with E-state index in [0.717, 1.165) is 28.0 Å². The number of aromatic nitrogens is 2. The number of hydrogen-bond acceptors (Lipinski definition) is 4. The van der Waals surface area contributed by atoms with E-state index < -0.39 is 35.4 Å². The quantitative estimate of drug-likeness (QED) is 0.728. The lowest BCUT2D eigenvalue weighted by atomic mass is 10.1. The number of carbonyl (C=O) groups is 2. The molecule has 1 atom stereocenters. The van der Waals surface area contributed by atoms with Gasteiger partial charge in [0, 0.05) is 19.2 Å². The topological polar surface area (TPSA) is 66.4 Å². The predicted molar refractivity (Wildman–Crippen MR) is 96.8 cm³/mol. The first-order valence-corrected chi connectivity index (χ1v) is 8.77. The van der Waals surface area contributed by atoms with Crippen LogP contribution >= 0.6 is 0 Å². The molecule has 1 aliphatic heterocycles. The summed E-state index contributed by atoms with van der Waals surface area (Å²) in [6.07, 6.45) is -4.49. The van der Waals surface area contributed by atoms with Gasteiger partial charge in [-0.25, -0.2) is 14.4 Å². The average Bonchev–Trinajstić information content (AvgIpc) is 3.03. The van der Waals surface area contributed by atoms with Crippen LogP contribution in [0.1, 0.15) is 29.8 Å². The molecule has 0 aromatic carbocycles. The number of alkyl halides is 3. The van der Waals surface area contributed by atoms with E-state index in [2.05, 4.69) is 9.97 Å². The lowest BCUT2D eigenvalue weighted by Gasteiger charge is -2.27. The Labute approximate surface area is 164 Å². The Bertz CT molecular complexity index is 977. The Morgan fingerprint density at radius 2 is 1.90 bits per heavy atom. The Hall–Kier alpha value is -3.04. The molecule has 3 heterocycles. The standard InChI is InChI=1S/C19H18F4N4O2/c1-10-8-12(19(21,22)23)9-16(24-10)27-14(5-7-17(27)28)18(29)26(3)15-6-4-13(20)11(2)25-15/h4,6,8-9,14H,5,7H2,1-3H3. The largest absolute Gasteiger partial charge is 0.416 e. The molecule has 0 N–H and O–H groups in total. The van der Waals surface area contributed by atoms with Crippen molar-refractivity contribution < 1.29 is 27.2 Å². The van der Waals surface area contributed by atoms with Gasteiger partial charge in [-0.3, -0.25) is 19.4 Å². The van der Waals surface area contributed by atoms with Gasteiger partial charge < -0.3 is 0 Å². The summed E-state index contributed by atoms with van der Waals surface area (Å²) in [5.41, 5.74) is -0.781. The number of likely N-dealkylation sites (N-methyl/N-ethyl adjacent to an activating group) is 1. The number of aryl methyl sites for hydroxylation is 2. The molecule has 2 aromatic heterocycles. The van der Waals surface area contributed by atoms with Crippen molar-refractivity contribution in [3.05, 3.63) is 47.0 Å². The van der Waals surface area contributed by atoms with Crippen LogP contribution in [0.5, 0.6) is 0 Å². The SMILES string of the molecule is Cc1cc(C(F)(F)F)cc(N2C(=O)CCC2C(=O)N(C)c2ccc(F)c(C)n2)n1. The lowest BCUT2D eigenvalue weighted by Crippen LogP contribution is -2.46. The molecule has 10 heteroatoms. The van der Waals surface area contributed by atoms with Gasteiger partial charge in [0.1, 0.15) is 23.5 Å². The van der Waals surface area contributed by atoms with Gasteiger partial charge in [-0.1, -0.05) is 0 Å². The van der Waals surface area contributed by atoms with Crippen molar-refractivity contribution in [3.8, 4) is 0 Å². The molecule has 3 rings (SSSR count). The molecule has 6 nitrogen and oxygen atoms in total. The molecule has 0 aliphatic carbocycles. The van der Waals surface area contributed by atoms with Gasteiger partial charge in [-0.05, 0) is 44.5 Å². The number of rotatable bonds is 3. The molecule has 0 radical (unpaired) electrons. The van der Waals surface area contributed by atoms with Crippen molar-refractivity contribution in [2.75, 3.05) is 16.8 Å². The number of anilines is 2. The molecule has 0 bridgehead atoms. The average molecular weight is 410 g/mol. The van der Waals surface area contributed by atoms with E-state index in [-0.39, 0.29) is 35.9 Å². The van der Waals surface area contributed by atoms with Crippen LogP contribution in [0.25, 0.3) is 0 Å². The maximum Gasteiger partial charge on any atom is 0.416 e. The molecule has 0 saturated carbocycles. The van der Waals surface area contributed by atoms with Crippen LogP contribution in [0.3, 0.4) is 0 Å². The van der Waals surface area contributed by atoms with Crippen LogP contribution in [0, 0.1) is 19.7 Å². The molecule has 2 aromatic rings. The van der Waals surface area contributed by atoms with Crippen LogP contribution in [0.2, 0.25) is 0 Å². The first-order valence-electron chi connectivity index (χ1n) is 8.77. The van der Waals surface area contributed by atoms with E-state index in [1.54, 1.807) is 0 Å². The smallest absolute Gasteiger partial charge is 0.298 e. The van der Waals surface area contributed by atoms with Crippen molar-refractivity contribution in [1.29, 1.82) is 0 Å². The molecule has 1 saturated heterocycles. The summed E-state index contributed by atoms with van der Waals surface area (Å²) in [5, 5.41) is 0. The minimum absolute atomic E-state index is 0.00288. The Balaban J connectivity index is 1.95. The minimum Gasteiger partial charge on any atom is -0.298 e. The lowest BCUT2D eigenvalue weighted by molar-refractivity contribution is -0.137. The maximum atomic E-state index is 13.5. The summed E-state index contributed by atoms with van der Waals surface area (Å²) in [4.78, 5) is 35.6. The van der Waals surface area contributed by atoms with Gasteiger partial charge in [-0.15, -0.1) is 0 Å². The van der Waals surface area contributed by atoms with E-state index in [0.29, 0.717) is 0 Å². The summed E-state index contributed by atoms with van der Waals surface area (Å²) >= 11 is 0. The Morgan fingerprint density at radius 1 is 1.21 bits per heavy atom. The van der Waals surface area contributed by atoms with E-state index in [4.69, 9.17) is 0 Å². The van der Waals surface area contributed by atoms with E-state index >= 15 is 0 Å². The summed E-state index contributed by atoms with van der Waals surface area (Å²) in [6, 6.07) is 3.08. The highest BCUT2D eigenvalue weighted by atomic mass is 19.4. The summed E-state index contributed by atoms with van der Waals surface area (Å²) in [6.45, 7) is 2.82. The molecule has 29 heavy (non-hydrogen) atoms. The second-order valence-corrected chi connectivity index (χ2v) is 6.81. The molecular weight excluding hydrogens is 392 g/mol. The van der Waals surface area contributed by atoms with Crippen LogP contribution in [-0.2, 0) is 15.8 Å². The highest BCUT2D eigenvalue weighted by Crippen LogP contribution is 2.34. The molecular formula is C19H18F4N4O2. The van der Waals surface area contributed by atoms with E-state index in [9.17, 15) is 27.2 Å². The highest BCUT2D eigenvalue weighted by molar-refractivity contribution is 6.07. The molecule has 1 fully saturated rings. The third-order valence-corrected chi connectivity index (χ3v) is 4.69. The zero-order valence-electron chi connectivity index (χ0n) is 15.9. The Kier molecular flexibility index (Phi) is 5.29. The van der Waals surface area contributed by atoms with Crippen LogP contribution in [0.15, 0.2) is 24.3 Å². The molecule has 0 spiro atoms.